The molecule has 19 heavy (non-hydrogen) atoms. The molecule has 4 nitrogen and oxygen atoms in total. The van der Waals surface area contributed by atoms with E-state index in [1.165, 1.54) is 12.1 Å². The maximum Gasteiger partial charge on any atom is 0.335 e. The first-order valence-corrected chi connectivity index (χ1v) is 6.25. The van der Waals surface area contributed by atoms with E-state index in [0.29, 0.717) is 21.7 Å². The molecule has 0 heterocycles. The molecule has 2 aromatic rings. The number of ether oxygens (including phenoxy) is 2. The van der Waals surface area contributed by atoms with Crippen molar-refractivity contribution in [3.05, 3.63) is 52.5 Å². The van der Waals surface area contributed by atoms with Gasteiger partial charge in [-0.3, -0.25) is 0 Å². The molecule has 0 saturated carbocycles. The zero-order valence-electron chi connectivity index (χ0n) is 10.1. The average molecular weight is 323 g/mol. The maximum absolute atomic E-state index is 10.8. The van der Waals surface area contributed by atoms with Crippen LogP contribution in [0, 0.1) is 0 Å². The first kappa shape index (κ1) is 13.4. The minimum absolute atomic E-state index is 0.194. The van der Waals surface area contributed by atoms with Gasteiger partial charge in [-0.15, -0.1) is 0 Å². The molecule has 0 spiro atoms. The highest BCUT2D eigenvalue weighted by Gasteiger charge is 2.10. The van der Waals surface area contributed by atoms with E-state index in [1.807, 2.05) is 12.1 Å². The summed E-state index contributed by atoms with van der Waals surface area (Å²) in [5.74, 6) is 0.713. The molecule has 98 valence electrons. The van der Waals surface area contributed by atoms with Crippen molar-refractivity contribution in [3.63, 3.8) is 0 Å². The van der Waals surface area contributed by atoms with Crippen molar-refractivity contribution in [1.29, 1.82) is 0 Å². The lowest BCUT2D eigenvalue weighted by atomic mass is 10.2. The molecule has 2 rings (SSSR count). The van der Waals surface area contributed by atoms with Gasteiger partial charge < -0.3 is 14.6 Å². The summed E-state index contributed by atoms with van der Waals surface area (Å²) in [5, 5.41) is 8.89. The Balaban J connectivity index is 2.31. The van der Waals surface area contributed by atoms with Gasteiger partial charge in [0.2, 0.25) is 0 Å². The van der Waals surface area contributed by atoms with E-state index < -0.39 is 5.97 Å². The monoisotopic (exact) mass is 322 g/mol. The minimum Gasteiger partial charge on any atom is -0.493 e. The molecule has 0 bridgehead atoms. The van der Waals surface area contributed by atoms with Crippen LogP contribution in [0.4, 0.5) is 0 Å². The number of carboxylic acid groups (broad SMARTS) is 1. The van der Waals surface area contributed by atoms with Gasteiger partial charge in [-0.1, -0.05) is 12.1 Å². The van der Waals surface area contributed by atoms with Crippen LogP contribution in [0.25, 0.3) is 0 Å². The van der Waals surface area contributed by atoms with Gasteiger partial charge in [-0.05, 0) is 46.3 Å². The Bertz CT molecular complexity index is 610. The molecule has 0 saturated heterocycles. The summed E-state index contributed by atoms with van der Waals surface area (Å²) in [6.45, 7) is 0. The van der Waals surface area contributed by atoms with E-state index in [-0.39, 0.29) is 5.56 Å². The summed E-state index contributed by atoms with van der Waals surface area (Å²) in [4.78, 5) is 10.8. The van der Waals surface area contributed by atoms with Crippen LogP contribution in [0.15, 0.2) is 46.9 Å². The zero-order chi connectivity index (χ0) is 13.8. The average Bonchev–Trinajstić information content (AvgIpc) is 2.41. The molecule has 1 N–H and O–H groups in total. The highest BCUT2D eigenvalue weighted by Crippen LogP contribution is 2.35. The molecule has 0 amide bonds. The lowest BCUT2D eigenvalue weighted by Crippen LogP contribution is -1.96. The molecule has 0 fully saturated rings. The quantitative estimate of drug-likeness (QED) is 0.926. The van der Waals surface area contributed by atoms with Gasteiger partial charge in [-0.25, -0.2) is 4.79 Å². The molecular weight excluding hydrogens is 312 g/mol. The smallest absolute Gasteiger partial charge is 0.335 e. The SMILES string of the molecule is COc1ccccc1Oc1ccc(C(=O)O)cc1Br. The van der Waals surface area contributed by atoms with Gasteiger partial charge in [0.15, 0.2) is 11.5 Å². The number of carbonyl (C=O) groups is 1. The molecule has 0 aliphatic heterocycles. The molecule has 2 aromatic carbocycles. The molecular formula is C14H11BrO4. The van der Waals surface area contributed by atoms with Crippen LogP contribution < -0.4 is 9.47 Å². The van der Waals surface area contributed by atoms with E-state index in [1.54, 1.807) is 25.3 Å². The number of hydrogen-bond donors (Lipinski definition) is 1. The number of aromatic carboxylic acids is 1. The highest BCUT2D eigenvalue weighted by atomic mass is 79.9. The number of methoxy groups -OCH3 is 1. The van der Waals surface area contributed by atoms with Crippen LogP contribution in [0.2, 0.25) is 0 Å². The fourth-order valence-corrected chi connectivity index (χ4v) is 2.00. The Morgan fingerprint density at radius 3 is 2.37 bits per heavy atom. The number of carboxylic acids is 1. The van der Waals surface area contributed by atoms with Crippen LogP contribution in [-0.4, -0.2) is 18.2 Å². The van der Waals surface area contributed by atoms with Gasteiger partial charge in [0.1, 0.15) is 5.75 Å². The van der Waals surface area contributed by atoms with Crippen LogP contribution in [0.5, 0.6) is 17.2 Å². The van der Waals surface area contributed by atoms with Gasteiger partial charge in [0, 0.05) is 0 Å². The van der Waals surface area contributed by atoms with Crippen molar-refractivity contribution in [2.24, 2.45) is 0 Å². The lowest BCUT2D eigenvalue weighted by Gasteiger charge is -2.11. The van der Waals surface area contributed by atoms with Crippen molar-refractivity contribution >= 4 is 21.9 Å². The van der Waals surface area contributed by atoms with Crippen LogP contribution in [0.3, 0.4) is 0 Å². The molecule has 0 atom stereocenters. The van der Waals surface area contributed by atoms with E-state index in [4.69, 9.17) is 14.6 Å². The van der Waals surface area contributed by atoms with Crippen LogP contribution in [-0.2, 0) is 0 Å². The Morgan fingerprint density at radius 2 is 1.79 bits per heavy atom. The molecule has 5 heteroatoms. The van der Waals surface area contributed by atoms with Crippen molar-refractivity contribution in [3.8, 4) is 17.2 Å². The third kappa shape index (κ3) is 3.06. The third-order valence-corrected chi connectivity index (χ3v) is 3.09. The van der Waals surface area contributed by atoms with Gasteiger partial charge >= 0.3 is 5.97 Å². The van der Waals surface area contributed by atoms with Gasteiger partial charge in [0.25, 0.3) is 0 Å². The first-order chi connectivity index (χ1) is 9.11. The van der Waals surface area contributed by atoms with E-state index in [9.17, 15) is 4.79 Å². The van der Waals surface area contributed by atoms with Crippen molar-refractivity contribution in [2.75, 3.05) is 7.11 Å². The zero-order valence-corrected chi connectivity index (χ0v) is 11.7. The molecule has 0 radical (unpaired) electrons. The summed E-state index contributed by atoms with van der Waals surface area (Å²) in [6.07, 6.45) is 0. The maximum atomic E-state index is 10.8. The minimum atomic E-state index is -0.982. The van der Waals surface area contributed by atoms with E-state index in [0.717, 1.165) is 0 Å². The van der Waals surface area contributed by atoms with Crippen molar-refractivity contribution < 1.29 is 19.4 Å². The number of rotatable bonds is 4. The van der Waals surface area contributed by atoms with Crippen LogP contribution in [0.1, 0.15) is 10.4 Å². The fourth-order valence-electron chi connectivity index (χ4n) is 1.54. The Morgan fingerprint density at radius 1 is 1.11 bits per heavy atom. The second-order valence-corrected chi connectivity index (χ2v) is 4.56. The topological polar surface area (TPSA) is 55.8 Å². The summed E-state index contributed by atoms with van der Waals surface area (Å²) < 4.78 is 11.5. The van der Waals surface area contributed by atoms with Gasteiger partial charge in [-0.2, -0.15) is 0 Å². The van der Waals surface area contributed by atoms with Crippen molar-refractivity contribution in [1.82, 2.24) is 0 Å². The van der Waals surface area contributed by atoms with Crippen LogP contribution >= 0.6 is 15.9 Å². The molecule has 0 aliphatic carbocycles. The van der Waals surface area contributed by atoms with E-state index >= 15 is 0 Å². The number of para-hydroxylation sites is 2. The Hall–Kier alpha value is -2.01. The predicted octanol–water partition coefficient (Wildman–Crippen LogP) is 3.95. The summed E-state index contributed by atoms with van der Waals surface area (Å²) in [7, 11) is 1.56. The number of benzene rings is 2. The fraction of sp³-hybridized carbons (Fsp3) is 0.0714. The summed E-state index contributed by atoms with van der Waals surface area (Å²) in [6, 6.07) is 11.8. The molecule has 0 aliphatic rings. The van der Waals surface area contributed by atoms with E-state index in [2.05, 4.69) is 15.9 Å². The normalized spacial score (nSPS) is 10.0. The first-order valence-electron chi connectivity index (χ1n) is 5.45. The molecule has 0 unspecified atom stereocenters. The second kappa shape index (κ2) is 5.75. The standard InChI is InChI=1S/C14H11BrO4/c1-18-12-4-2-3-5-13(12)19-11-7-6-9(14(16)17)8-10(11)15/h2-8H,1H3,(H,16,17). The molecule has 0 aromatic heterocycles. The highest BCUT2D eigenvalue weighted by molar-refractivity contribution is 9.10. The Kier molecular flexibility index (Phi) is 4.06. The van der Waals surface area contributed by atoms with Gasteiger partial charge in [0.05, 0.1) is 17.1 Å². The summed E-state index contributed by atoms with van der Waals surface area (Å²) in [5.41, 5.74) is 0.194. The third-order valence-electron chi connectivity index (χ3n) is 2.47. The lowest BCUT2D eigenvalue weighted by molar-refractivity contribution is 0.0697. The van der Waals surface area contributed by atoms with Crippen molar-refractivity contribution in [2.45, 2.75) is 0 Å². The number of hydrogen-bond acceptors (Lipinski definition) is 3. The second-order valence-electron chi connectivity index (χ2n) is 3.70. The number of halogens is 1. The summed E-state index contributed by atoms with van der Waals surface area (Å²) >= 11 is 3.29. The Labute approximate surface area is 118 Å². The predicted molar refractivity (Wildman–Crippen MR) is 74.2 cm³/mol. The largest absolute Gasteiger partial charge is 0.493 e.